The number of fused-ring (bicyclic) bond motifs is 1. The number of nitrogens with one attached hydrogen (secondary N) is 3. The van der Waals surface area contributed by atoms with Gasteiger partial charge in [-0.3, -0.25) is 4.79 Å². The van der Waals surface area contributed by atoms with Gasteiger partial charge in [-0.2, -0.15) is 0 Å². The van der Waals surface area contributed by atoms with E-state index in [1.807, 2.05) is 24.3 Å². The molecule has 1 aliphatic heterocycles. The van der Waals surface area contributed by atoms with Crippen LogP contribution in [0.1, 0.15) is 55.8 Å². The highest BCUT2D eigenvalue weighted by Crippen LogP contribution is 2.38. The Morgan fingerprint density at radius 3 is 2.91 bits per heavy atom. The fourth-order valence-corrected chi connectivity index (χ4v) is 5.83. The highest BCUT2D eigenvalue weighted by atomic mass is 35.5. The molecule has 3 N–H and O–H groups in total. The standard InChI is InChI=1S/C25H30ClN5OS/c1-25(9-12-27-13-10-25)8-3-11-28-24-29-15-19(26)22(31-24)21-14-18-17(4-2-5-20(18)33-21)23(32)30-16-6-7-16/h2,4-5,14-16,27H,3,6-13H2,1H3,(H,30,32)(H,28,29,31). The summed E-state index contributed by atoms with van der Waals surface area (Å²) >= 11 is 8.09. The summed E-state index contributed by atoms with van der Waals surface area (Å²) in [6.07, 6.45) is 8.55. The molecule has 33 heavy (non-hydrogen) atoms. The summed E-state index contributed by atoms with van der Waals surface area (Å²) < 4.78 is 1.05. The van der Waals surface area contributed by atoms with Crippen LogP contribution in [0, 0.1) is 5.41 Å². The molecule has 6 nitrogen and oxygen atoms in total. The summed E-state index contributed by atoms with van der Waals surface area (Å²) in [5.74, 6) is 0.583. The Morgan fingerprint density at radius 2 is 2.12 bits per heavy atom. The van der Waals surface area contributed by atoms with Crippen LogP contribution in [0.5, 0.6) is 0 Å². The average molecular weight is 484 g/mol. The number of nitrogens with zero attached hydrogens (tertiary/aromatic N) is 2. The Bertz CT molecular complexity index is 1150. The van der Waals surface area contributed by atoms with Gasteiger partial charge in [-0.05, 0) is 75.2 Å². The van der Waals surface area contributed by atoms with E-state index in [1.165, 1.54) is 19.3 Å². The molecular weight excluding hydrogens is 454 g/mol. The molecule has 1 saturated carbocycles. The van der Waals surface area contributed by atoms with Crippen molar-refractivity contribution in [1.82, 2.24) is 20.6 Å². The maximum atomic E-state index is 12.7. The van der Waals surface area contributed by atoms with Crippen molar-refractivity contribution in [3.8, 4) is 10.6 Å². The lowest BCUT2D eigenvalue weighted by Gasteiger charge is -2.34. The predicted octanol–water partition coefficient (Wildman–Crippen LogP) is 5.49. The fraction of sp³-hybridized carbons (Fsp3) is 0.480. The smallest absolute Gasteiger partial charge is 0.252 e. The molecule has 0 bridgehead atoms. The average Bonchev–Trinajstić information content (AvgIpc) is 3.52. The number of thiophene rings is 1. The van der Waals surface area contributed by atoms with E-state index in [2.05, 4.69) is 27.9 Å². The Labute approximate surface area is 203 Å². The largest absolute Gasteiger partial charge is 0.354 e. The predicted molar refractivity (Wildman–Crippen MR) is 136 cm³/mol. The Balaban J connectivity index is 1.30. The molecule has 1 aromatic carbocycles. The second kappa shape index (κ2) is 9.57. The number of hydrogen-bond donors (Lipinski definition) is 3. The van der Waals surface area contributed by atoms with Crippen molar-refractivity contribution in [2.75, 3.05) is 25.0 Å². The zero-order valence-corrected chi connectivity index (χ0v) is 20.5. The molecule has 0 unspecified atom stereocenters. The van der Waals surface area contributed by atoms with Gasteiger partial charge < -0.3 is 16.0 Å². The van der Waals surface area contributed by atoms with Crippen molar-refractivity contribution in [2.45, 2.75) is 51.5 Å². The number of carbonyl (C=O) groups excluding carboxylic acids is 1. The molecule has 2 fully saturated rings. The van der Waals surface area contributed by atoms with E-state index < -0.39 is 0 Å². The highest BCUT2D eigenvalue weighted by molar-refractivity contribution is 7.22. The second-order valence-corrected chi connectivity index (χ2v) is 11.0. The van der Waals surface area contributed by atoms with Gasteiger partial charge in [0.25, 0.3) is 5.91 Å². The zero-order chi connectivity index (χ0) is 22.8. The number of amides is 1. The van der Waals surface area contributed by atoms with E-state index in [0.717, 1.165) is 53.9 Å². The number of aromatic nitrogens is 2. The quantitative estimate of drug-likeness (QED) is 0.369. The molecule has 2 aliphatic rings. The molecule has 5 rings (SSSR count). The van der Waals surface area contributed by atoms with Crippen LogP contribution < -0.4 is 16.0 Å². The Hall–Kier alpha value is -2.22. The SMILES string of the molecule is CC1(CCCNc2ncc(Cl)c(-c3cc4c(C(=O)NC5CC5)cccc4s3)n2)CCNCC1. The van der Waals surface area contributed by atoms with Gasteiger partial charge in [0.2, 0.25) is 5.95 Å². The minimum absolute atomic E-state index is 0.00830. The van der Waals surface area contributed by atoms with Crippen molar-refractivity contribution in [2.24, 2.45) is 5.41 Å². The van der Waals surface area contributed by atoms with Crippen molar-refractivity contribution < 1.29 is 4.79 Å². The maximum Gasteiger partial charge on any atom is 0.252 e. The molecule has 0 radical (unpaired) electrons. The number of benzene rings is 1. The molecule has 0 atom stereocenters. The number of halogens is 1. The van der Waals surface area contributed by atoms with Crippen LogP contribution in [-0.2, 0) is 0 Å². The molecule has 8 heteroatoms. The first kappa shape index (κ1) is 22.6. The monoisotopic (exact) mass is 483 g/mol. The topological polar surface area (TPSA) is 78.9 Å². The number of hydrogen-bond acceptors (Lipinski definition) is 6. The van der Waals surface area contributed by atoms with Crippen LogP contribution in [0.2, 0.25) is 5.02 Å². The summed E-state index contributed by atoms with van der Waals surface area (Å²) in [6.45, 7) is 5.47. The first-order valence-electron chi connectivity index (χ1n) is 11.8. The van der Waals surface area contributed by atoms with Crippen LogP contribution in [0.3, 0.4) is 0 Å². The molecule has 1 aliphatic carbocycles. The molecule has 1 amide bonds. The third-order valence-electron chi connectivity index (χ3n) is 6.75. The number of anilines is 1. The van der Waals surface area contributed by atoms with Crippen LogP contribution >= 0.6 is 22.9 Å². The lowest BCUT2D eigenvalue weighted by atomic mass is 9.77. The normalized spacial score (nSPS) is 17.8. The summed E-state index contributed by atoms with van der Waals surface area (Å²) in [6, 6.07) is 8.20. The van der Waals surface area contributed by atoms with Gasteiger partial charge in [0, 0.05) is 28.2 Å². The molecule has 2 aromatic heterocycles. The third kappa shape index (κ3) is 5.31. The van der Waals surface area contributed by atoms with Crippen LogP contribution in [0.4, 0.5) is 5.95 Å². The lowest BCUT2D eigenvalue weighted by Crippen LogP contribution is -2.34. The highest BCUT2D eigenvalue weighted by Gasteiger charge is 2.26. The van der Waals surface area contributed by atoms with Gasteiger partial charge in [-0.15, -0.1) is 11.3 Å². The molecule has 174 valence electrons. The molecule has 1 saturated heterocycles. The van der Waals surface area contributed by atoms with E-state index in [-0.39, 0.29) is 5.91 Å². The summed E-state index contributed by atoms with van der Waals surface area (Å²) in [7, 11) is 0. The van der Waals surface area contributed by atoms with E-state index >= 15 is 0 Å². The zero-order valence-electron chi connectivity index (χ0n) is 18.9. The number of piperidine rings is 1. The van der Waals surface area contributed by atoms with Crippen molar-refractivity contribution >= 4 is 44.9 Å². The lowest BCUT2D eigenvalue weighted by molar-refractivity contribution is 0.0952. The Morgan fingerprint density at radius 1 is 1.30 bits per heavy atom. The Kier molecular flexibility index (Phi) is 6.54. The van der Waals surface area contributed by atoms with E-state index in [9.17, 15) is 4.79 Å². The van der Waals surface area contributed by atoms with E-state index in [1.54, 1.807) is 17.5 Å². The molecule has 0 spiro atoms. The van der Waals surface area contributed by atoms with Crippen molar-refractivity contribution in [3.05, 3.63) is 41.0 Å². The van der Waals surface area contributed by atoms with Gasteiger partial charge in [0.15, 0.2) is 0 Å². The minimum atomic E-state index is -0.00830. The van der Waals surface area contributed by atoms with Gasteiger partial charge in [-0.25, -0.2) is 9.97 Å². The fourth-order valence-electron chi connectivity index (χ4n) is 4.49. The van der Waals surface area contributed by atoms with Gasteiger partial charge in [-0.1, -0.05) is 24.6 Å². The minimum Gasteiger partial charge on any atom is -0.354 e. The molecule has 3 heterocycles. The first-order chi connectivity index (χ1) is 16.0. The van der Waals surface area contributed by atoms with Crippen LogP contribution in [-0.4, -0.2) is 41.6 Å². The summed E-state index contributed by atoms with van der Waals surface area (Å²) in [5, 5.41) is 11.4. The molecule has 3 aromatic rings. The number of carbonyl (C=O) groups is 1. The van der Waals surface area contributed by atoms with Gasteiger partial charge in [0.1, 0.15) is 5.69 Å². The van der Waals surface area contributed by atoms with Crippen molar-refractivity contribution in [3.63, 3.8) is 0 Å². The first-order valence-corrected chi connectivity index (χ1v) is 13.0. The van der Waals surface area contributed by atoms with Gasteiger partial charge in [0.05, 0.1) is 16.1 Å². The van der Waals surface area contributed by atoms with Crippen molar-refractivity contribution in [1.29, 1.82) is 0 Å². The maximum absolute atomic E-state index is 12.7. The summed E-state index contributed by atoms with van der Waals surface area (Å²) in [5.41, 5.74) is 1.84. The van der Waals surface area contributed by atoms with Crippen LogP contribution in [0.25, 0.3) is 20.7 Å². The summed E-state index contributed by atoms with van der Waals surface area (Å²) in [4.78, 5) is 22.7. The number of rotatable bonds is 8. The van der Waals surface area contributed by atoms with E-state index in [4.69, 9.17) is 16.6 Å². The van der Waals surface area contributed by atoms with Gasteiger partial charge >= 0.3 is 0 Å². The molecular formula is C25H30ClN5OS. The second-order valence-electron chi connectivity index (χ2n) is 9.56. The van der Waals surface area contributed by atoms with Crippen LogP contribution in [0.15, 0.2) is 30.5 Å². The third-order valence-corrected chi connectivity index (χ3v) is 8.13. The van der Waals surface area contributed by atoms with E-state index in [0.29, 0.717) is 33.7 Å².